The van der Waals surface area contributed by atoms with Crippen LogP contribution in [0.2, 0.25) is 5.02 Å². The summed E-state index contributed by atoms with van der Waals surface area (Å²) in [4.78, 5) is 35.3. The molecule has 2 unspecified atom stereocenters. The van der Waals surface area contributed by atoms with Gasteiger partial charge in [0.15, 0.2) is 0 Å². The molecule has 0 saturated heterocycles. The molecule has 3 N–H and O–H groups in total. The van der Waals surface area contributed by atoms with E-state index in [1.165, 1.54) is 6.07 Å². The van der Waals surface area contributed by atoms with Crippen molar-refractivity contribution in [3.63, 3.8) is 0 Å². The van der Waals surface area contributed by atoms with Crippen LogP contribution in [-0.4, -0.2) is 48.1 Å². The van der Waals surface area contributed by atoms with Gasteiger partial charge in [0.25, 0.3) is 0 Å². The molecule has 226 valence electrons. The minimum absolute atomic E-state index is 0.0349. The summed E-state index contributed by atoms with van der Waals surface area (Å²) < 4.78 is 19.8. The molecule has 0 aliphatic heterocycles. The zero-order valence-corrected chi connectivity index (χ0v) is 25.7. The van der Waals surface area contributed by atoms with Crippen LogP contribution < -0.4 is 10.6 Å². The quantitative estimate of drug-likeness (QED) is 0.224. The van der Waals surface area contributed by atoms with Gasteiger partial charge < -0.3 is 20.4 Å². The molecule has 42 heavy (non-hydrogen) atoms. The molecule has 2 amide bonds. The van der Waals surface area contributed by atoms with Gasteiger partial charge in [-0.1, -0.05) is 50.1 Å². The summed E-state index contributed by atoms with van der Waals surface area (Å²) in [7, 11) is 1.58. The normalized spacial score (nSPS) is 18.4. The Morgan fingerprint density at radius 2 is 1.95 bits per heavy atom. The number of fused-ring (bicyclic) bond motifs is 1. The first-order valence-electron chi connectivity index (χ1n) is 15.1. The lowest BCUT2D eigenvalue weighted by molar-refractivity contribution is -0.135. The lowest BCUT2D eigenvalue weighted by Crippen LogP contribution is -2.57. The zero-order valence-electron chi connectivity index (χ0n) is 24.9. The minimum Gasteiger partial charge on any atom is -0.383 e. The zero-order chi connectivity index (χ0) is 30.0. The number of aromatic amines is 1. The fourth-order valence-electron chi connectivity index (χ4n) is 5.94. The smallest absolute Gasteiger partial charge is 0.242 e. The van der Waals surface area contributed by atoms with Gasteiger partial charge in [-0.2, -0.15) is 0 Å². The number of hydrogen-bond donors (Lipinski definition) is 3. The van der Waals surface area contributed by atoms with Crippen LogP contribution in [0.1, 0.15) is 75.7 Å². The van der Waals surface area contributed by atoms with Gasteiger partial charge in [-0.05, 0) is 85.6 Å². The third kappa shape index (κ3) is 6.50. The van der Waals surface area contributed by atoms with Gasteiger partial charge in [-0.15, -0.1) is 0 Å². The van der Waals surface area contributed by atoms with Gasteiger partial charge in [0.1, 0.15) is 17.7 Å². The van der Waals surface area contributed by atoms with Crippen LogP contribution >= 0.6 is 11.6 Å². The summed E-state index contributed by atoms with van der Waals surface area (Å²) in [6.45, 7) is 6.86. The molecule has 0 bridgehead atoms. The number of benzene rings is 2. The van der Waals surface area contributed by atoms with Crippen molar-refractivity contribution in [2.24, 2.45) is 17.8 Å². The molecule has 3 atom stereocenters. The lowest BCUT2D eigenvalue weighted by atomic mass is 9.77. The topological polar surface area (TPSA) is 96.1 Å². The van der Waals surface area contributed by atoms with Crippen LogP contribution in [0.15, 0.2) is 36.4 Å². The Hall–Kier alpha value is -2.97. The van der Waals surface area contributed by atoms with Gasteiger partial charge >= 0.3 is 0 Å². The molecule has 5 rings (SSSR count). The first-order chi connectivity index (χ1) is 20.1. The maximum atomic E-state index is 14.2. The fraction of sp³-hybridized carbons (Fsp3) is 0.545. The van der Waals surface area contributed by atoms with E-state index in [0.29, 0.717) is 18.9 Å². The largest absolute Gasteiger partial charge is 0.383 e. The van der Waals surface area contributed by atoms with Gasteiger partial charge in [-0.25, -0.2) is 9.37 Å². The third-order valence-corrected chi connectivity index (χ3v) is 9.55. The molecule has 2 fully saturated rings. The molecule has 1 heterocycles. The monoisotopic (exact) mass is 596 g/mol. The summed E-state index contributed by atoms with van der Waals surface area (Å²) in [5.41, 5.74) is 2.07. The Labute approximate surface area is 252 Å². The van der Waals surface area contributed by atoms with Crippen LogP contribution in [0.4, 0.5) is 4.39 Å². The molecular weight excluding hydrogens is 555 g/mol. The van der Waals surface area contributed by atoms with Crippen molar-refractivity contribution >= 4 is 34.4 Å². The molecular formula is C33H42ClFN4O3. The second-order valence-electron chi connectivity index (χ2n) is 12.7. The Kier molecular flexibility index (Phi) is 9.23. The third-order valence-electron chi connectivity index (χ3n) is 9.15. The molecule has 2 aliphatic carbocycles. The number of carbonyl (C=O) groups excluding carboxylic acids is 2. The number of carbonyl (C=O) groups is 2. The van der Waals surface area contributed by atoms with Gasteiger partial charge in [0, 0.05) is 20.1 Å². The average Bonchev–Trinajstić information content (AvgIpc) is 3.67. The Bertz CT molecular complexity index is 1430. The van der Waals surface area contributed by atoms with E-state index in [-0.39, 0.29) is 41.2 Å². The van der Waals surface area contributed by atoms with Crippen molar-refractivity contribution in [2.45, 2.75) is 76.7 Å². The number of amides is 2. The predicted octanol–water partition coefficient (Wildman–Crippen LogP) is 6.05. The average molecular weight is 597 g/mol. The number of rotatable bonds is 13. The molecule has 7 nitrogen and oxygen atoms in total. The van der Waals surface area contributed by atoms with E-state index in [2.05, 4.69) is 29.5 Å². The Balaban J connectivity index is 1.38. The van der Waals surface area contributed by atoms with Crippen molar-refractivity contribution in [3.05, 3.63) is 64.2 Å². The van der Waals surface area contributed by atoms with Gasteiger partial charge in [0.2, 0.25) is 11.8 Å². The standard InChI is InChI=1S/C33H42ClFN4O3/c1-19(2)24(23-9-6-10-25(35)29(23)34)16-28-37-26-14-13-22(15-27(26)38-28)33(3,18-42-4)32(41)39-30(21-7-5-8-21)31(40)36-17-20-11-12-20/h6,9-10,13-15,19-21,24,30H,5,7-8,11-12,16-18H2,1-4H3,(H,36,40)(H,37,38)(H,39,41)/t24?,30-,33?/m1/s1. The highest BCUT2D eigenvalue weighted by Gasteiger charge is 2.41. The van der Waals surface area contributed by atoms with Crippen LogP contribution in [0, 0.1) is 23.6 Å². The highest BCUT2D eigenvalue weighted by Crippen LogP contribution is 2.36. The number of methoxy groups -OCH3 is 1. The molecule has 0 radical (unpaired) electrons. The number of halogens is 2. The lowest BCUT2D eigenvalue weighted by Gasteiger charge is -2.36. The number of hydrogen-bond acceptors (Lipinski definition) is 4. The second-order valence-corrected chi connectivity index (χ2v) is 13.1. The molecule has 2 aromatic carbocycles. The molecule has 0 spiro atoms. The summed E-state index contributed by atoms with van der Waals surface area (Å²) in [5.74, 6) is 0.894. The summed E-state index contributed by atoms with van der Waals surface area (Å²) in [6.07, 6.45) is 5.81. The summed E-state index contributed by atoms with van der Waals surface area (Å²) in [5, 5.41) is 6.32. The van der Waals surface area contributed by atoms with E-state index in [4.69, 9.17) is 21.3 Å². The van der Waals surface area contributed by atoms with Crippen LogP contribution in [0.3, 0.4) is 0 Å². The Morgan fingerprint density at radius 3 is 2.60 bits per heavy atom. The van der Waals surface area contributed by atoms with Gasteiger partial charge in [0.05, 0.1) is 28.1 Å². The van der Waals surface area contributed by atoms with E-state index >= 15 is 0 Å². The number of imidazole rings is 1. The molecule has 3 aromatic rings. The number of aromatic nitrogens is 2. The summed E-state index contributed by atoms with van der Waals surface area (Å²) in [6, 6.07) is 10.1. The van der Waals surface area contributed by atoms with Crippen molar-refractivity contribution in [2.75, 3.05) is 20.3 Å². The fourth-order valence-corrected chi connectivity index (χ4v) is 6.21. The van der Waals surface area contributed by atoms with E-state index in [1.54, 1.807) is 13.2 Å². The van der Waals surface area contributed by atoms with Crippen LogP contribution in [0.5, 0.6) is 0 Å². The summed E-state index contributed by atoms with van der Waals surface area (Å²) >= 11 is 6.35. The van der Waals surface area contributed by atoms with Crippen molar-refractivity contribution in [1.29, 1.82) is 0 Å². The van der Waals surface area contributed by atoms with Crippen LogP contribution in [0.25, 0.3) is 11.0 Å². The van der Waals surface area contributed by atoms with E-state index in [0.717, 1.165) is 60.1 Å². The van der Waals surface area contributed by atoms with Gasteiger partial charge in [-0.3, -0.25) is 9.59 Å². The molecule has 1 aromatic heterocycles. The number of nitrogens with zero attached hydrogens (tertiary/aromatic N) is 1. The predicted molar refractivity (Wildman–Crippen MR) is 163 cm³/mol. The maximum absolute atomic E-state index is 14.2. The van der Waals surface area contributed by atoms with Crippen molar-refractivity contribution in [3.8, 4) is 0 Å². The van der Waals surface area contributed by atoms with E-state index in [9.17, 15) is 14.0 Å². The van der Waals surface area contributed by atoms with E-state index in [1.807, 2.05) is 31.2 Å². The second kappa shape index (κ2) is 12.7. The first-order valence-corrected chi connectivity index (χ1v) is 15.5. The number of H-pyrrole nitrogens is 1. The first kappa shape index (κ1) is 30.5. The van der Waals surface area contributed by atoms with Crippen molar-refractivity contribution < 1.29 is 18.7 Å². The minimum atomic E-state index is -1.03. The maximum Gasteiger partial charge on any atom is 0.242 e. The number of nitrogens with one attached hydrogen (secondary N) is 3. The van der Waals surface area contributed by atoms with Crippen LogP contribution in [-0.2, 0) is 26.2 Å². The van der Waals surface area contributed by atoms with E-state index < -0.39 is 17.3 Å². The molecule has 2 aliphatic rings. The number of ether oxygens (including phenoxy) is 1. The van der Waals surface area contributed by atoms with Crippen molar-refractivity contribution in [1.82, 2.24) is 20.6 Å². The molecule has 2 saturated carbocycles. The highest BCUT2D eigenvalue weighted by atomic mass is 35.5. The molecule has 9 heteroatoms. The Morgan fingerprint density at radius 1 is 1.19 bits per heavy atom. The highest BCUT2D eigenvalue weighted by molar-refractivity contribution is 6.31. The SMILES string of the molecule is COCC(C)(C(=O)N[C@@H](C(=O)NCC1CC1)C1CCC1)c1ccc2nc(CC(c3cccc(F)c3Cl)C(C)C)[nH]c2c1.